The summed E-state index contributed by atoms with van der Waals surface area (Å²) in [5.74, 6) is -5.09. The number of carbonyl (C=O) groups is 1. The molecule has 1 N–H and O–H groups in total. The van der Waals surface area contributed by atoms with Gasteiger partial charge in [0.1, 0.15) is 5.75 Å². The van der Waals surface area contributed by atoms with Crippen LogP contribution in [0.25, 0.3) is 0 Å². The summed E-state index contributed by atoms with van der Waals surface area (Å²) in [6.45, 7) is 2.52. The van der Waals surface area contributed by atoms with Gasteiger partial charge in [0.05, 0.1) is 24.2 Å². The van der Waals surface area contributed by atoms with Gasteiger partial charge in [0.25, 0.3) is 0 Å². The van der Waals surface area contributed by atoms with Gasteiger partial charge in [0.15, 0.2) is 17.5 Å². The van der Waals surface area contributed by atoms with E-state index in [0.717, 1.165) is 10.4 Å². The average Bonchev–Trinajstić information content (AvgIpc) is 2.66. The third-order valence-electron chi connectivity index (χ3n) is 3.99. The molecule has 2 rings (SSSR count). The highest BCUT2D eigenvalue weighted by molar-refractivity contribution is 7.89. The van der Waals surface area contributed by atoms with Crippen LogP contribution in [0.3, 0.4) is 0 Å². The van der Waals surface area contributed by atoms with Gasteiger partial charge in [-0.3, -0.25) is 4.79 Å². The molecule has 0 heterocycles. The van der Waals surface area contributed by atoms with Crippen molar-refractivity contribution < 1.29 is 31.1 Å². The topological polar surface area (TPSA) is 75.7 Å². The lowest BCUT2D eigenvalue weighted by atomic mass is 10.2. The van der Waals surface area contributed by atoms with E-state index in [4.69, 9.17) is 4.74 Å². The van der Waals surface area contributed by atoms with E-state index < -0.39 is 45.6 Å². The van der Waals surface area contributed by atoms with E-state index in [2.05, 4.69) is 0 Å². The molecule has 0 saturated carbocycles. The van der Waals surface area contributed by atoms with Crippen LogP contribution in [0.5, 0.6) is 5.75 Å². The molecule has 10 heteroatoms. The predicted octanol–water partition coefficient (Wildman–Crippen LogP) is 3.07. The molecule has 0 aliphatic heterocycles. The maximum absolute atomic E-state index is 13.7. The van der Waals surface area contributed by atoms with Gasteiger partial charge in [-0.05, 0) is 42.8 Å². The highest BCUT2D eigenvalue weighted by Crippen LogP contribution is 2.24. The van der Waals surface area contributed by atoms with E-state index in [-0.39, 0.29) is 11.4 Å². The molecule has 1 amide bonds. The van der Waals surface area contributed by atoms with Crippen molar-refractivity contribution >= 4 is 21.6 Å². The Morgan fingerprint density at radius 1 is 1.14 bits per heavy atom. The number of nitrogens with one attached hydrogen (secondary N) is 1. The predicted molar refractivity (Wildman–Crippen MR) is 97.1 cm³/mol. The van der Waals surface area contributed by atoms with Gasteiger partial charge >= 0.3 is 0 Å². The van der Waals surface area contributed by atoms with Crippen LogP contribution in [0.2, 0.25) is 0 Å². The monoisotopic (exact) mass is 416 g/mol. The Hall–Kier alpha value is -2.59. The normalized spacial score (nSPS) is 11.5. The number of amides is 1. The van der Waals surface area contributed by atoms with Crippen molar-refractivity contribution in [3.05, 3.63) is 53.3 Å². The van der Waals surface area contributed by atoms with E-state index in [1.54, 1.807) is 6.92 Å². The van der Waals surface area contributed by atoms with E-state index in [1.165, 1.54) is 32.2 Å². The van der Waals surface area contributed by atoms with Crippen molar-refractivity contribution in [2.75, 3.05) is 25.5 Å². The Morgan fingerprint density at radius 2 is 1.82 bits per heavy atom. The van der Waals surface area contributed by atoms with Crippen LogP contribution < -0.4 is 10.1 Å². The molecule has 0 spiro atoms. The second-order valence-electron chi connectivity index (χ2n) is 5.83. The summed E-state index contributed by atoms with van der Waals surface area (Å²) >= 11 is 0. The third-order valence-corrected chi connectivity index (χ3v) is 5.90. The fraction of sp³-hybridized carbons (Fsp3) is 0.278. The summed E-state index contributed by atoms with van der Waals surface area (Å²) in [6.07, 6.45) is 0. The molecule has 0 radical (unpaired) electrons. The number of sulfonamides is 1. The van der Waals surface area contributed by atoms with E-state index >= 15 is 0 Å². The highest BCUT2D eigenvalue weighted by atomic mass is 32.2. The van der Waals surface area contributed by atoms with Gasteiger partial charge in [-0.1, -0.05) is 6.92 Å². The van der Waals surface area contributed by atoms with Crippen LogP contribution in [0.1, 0.15) is 12.5 Å². The van der Waals surface area contributed by atoms with E-state index in [0.29, 0.717) is 17.4 Å². The molecule has 0 aromatic heterocycles. The standard InChI is InChI=1S/C18H19F3N2O4S/c1-4-23(28(25,26)12-5-8-15(27-3)11(2)9-12)10-16(24)22-14-7-6-13(19)17(20)18(14)21/h5-9H,4,10H2,1-3H3,(H,22,24). The summed E-state index contributed by atoms with van der Waals surface area (Å²) in [4.78, 5) is 12.1. The number of halogens is 3. The molecular formula is C18H19F3N2O4S. The molecule has 0 aliphatic rings. The van der Waals surface area contributed by atoms with Gasteiger partial charge in [-0.15, -0.1) is 0 Å². The highest BCUT2D eigenvalue weighted by Gasteiger charge is 2.26. The van der Waals surface area contributed by atoms with E-state index in [9.17, 15) is 26.4 Å². The lowest BCUT2D eigenvalue weighted by molar-refractivity contribution is -0.116. The second kappa shape index (κ2) is 8.61. The van der Waals surface area contributed by atoms with Crippen LogP contribution in [0, 0.1) is 24.4 Å². The maximum atomic E-state index is 13.7. The van der Waals surface area contributed by atoms with Crippen LogP contribution in [-0.4, -0.2) is 38.8 Å². The number of aryl methyl sites for hydroxylation is 1. The first-order chi connectivity index (χ1) is 13.1. The Kier molecular flexibility index (Phi) is 6.68. The number of methoxy groups -OCH3 is 1. The van der Waals surface area contributed by atoms with Crippen molar-refractivity contribution in [3.63, 3.8) is 0 Å². The molecule has 2 aromatic carbocycles. The summed E-state index contributed by atoms with van der Waals surface area (Å²) in [7, 11) is -2.57. The minimum atomic E-state index is -4.02. The summed E-state index contributed by atoms with van der Waals surface area (Å²) in [5, 5.41) is 2.05. The van der Waals surface area contributed by atoms with Crippen molar-refractivity contribution in [1.82, 2.24) is 4.31 Å². The van der Waals surface area contributed by atoms with Crippen molar-refractivity contribution in [3.8, 4) is 5.75 Å². The van der Waals surface area contributed by atoms with Crippen LogP contribution in [0.4, 0.5) is 18.9 Å². The zero-order valence-electron chi connectivity index (χ0n) is 15.4. The number of ether oxygens (including phenoxy) is 1. The molecule has 0 aliphatic carbocycles. The zero-order valence-corrected chi connectivity index (χ0v) is 16.2. The largest absolute Gasteiger partial charge is 0.496 e. The lowest BCUT2D eigenvalue weighted by Crippen LogP contribution is -2.38. The molecule has 0 atom stereocenters. The molecular weight excluding hydrogens is 397 g/mol. The van der Waals surface area contributed by atoms with E-state index in [1.807, 2.05) is 5.32 Å². The molecule has 6 nitrogen and oxygen atoms in total. The van der Waals surface area contributed by atoms with Crippen LogP contribution >= 0.6 is 0 Å². The third kappa shape index (κ3) is 4.45. The smallest absolute Gasteiger partial charge is 0.243 e. The summed E-state index contributed by atoms with van der Waals surface area (Å²) in [5.41, 5.74) is 0.00517. The molecule has 0 fully saturated rings. The fourth-order valence-electron chi connectivity index (χ4n) is 2.50. The quantitative estimate of drug-likeness (QED) is 0.704. The molecule has 2 aromatic rings. The maximum Gasteiger partial charge on any atom is 0.243 e. The Labute approximate surface area is 161 Å². The van der Waals surface area contributed by atoms with Crippen molar-refractivity contribution in [2.45, 2.75) is 18.7 Å². The van der Waals surface area contributed by atoms with Gasteiger partial charge in [0, 0.05) is 6.54 Å². The number of rotatable bonds is 7. The first-order valence-corrected chi connectivity index (χ1v) is 9.64. The number of nitrogens with zero attached hydrogens (tertiary/aromatic N) is 1. The first kappa shape index (κ1) is 21.7. The van der Waals surface area contributed by atoms with Gasteiger partial charge in [-0.25, -0.2) is 21.6 Å². The first-order valence-electron chi connectivity index (χ1n) is 8.20. The Morgan fingerprint density at radius 3 is 2.39 bits per heavy atom. The molecule has 152 valence electrons. The number of anilines is 1. The molecule has 0 unspecified atom stereocenters. The number of likely N-dealkylation sites (N-methyl/N-ethyl adjacent to an activating group) is 1. The molecule has 0 saturated heterocycles. The van der Waals surface area contributed by atoms with Crippen LogP contribution in [-0.2, 0) is 14.8 Å². The second-order valence-corrected chi connectivity index (χ2v) is 7.77. The van der Waals surface area contributed by atoms with Crippen molar-refractivity contribution in [2.24, 2.45) is 0 Å². The minimum absolute atomic E-state index is 0.0406. The summed E-state index contributed by atoms with van der Waals surface area (Å²) in [6, 6.07) is 5.75. The number of hydrogen-bond donors (Lipinski definition) is 1. The van der Waals surface area contributed by atoms with Gasteiger partial charge < -0.3 is 10.1 Å². The minimum Gasteiger partial charge on any atom is -0.496 e. The zero-order chi connectivity index (χ0) is 21.1. The molecule has 28 heavy (non-hydrogen) atoms. The number of benzene rings is 2. The van der Waals surface area contributed by atoms with Gasteiger partial charge in [-0.2, -0.15) is 4.31 Å². The fourth-order valence-corrected chi connectivity index (χ4v) is 3.99. The lowest BCUT2D eigenvalue weighted by Gasteiger charge is -2.20. The Balaban J connectivity index is 2.22. The molecule has 0 bridgehead atoms. The number of carbonyl (C=O) groups excluding carboxylic acids is 1. The average molecular weight is 416 g/mol. The summed E-state index contributed by atoms with van der Waals surface area (Å²) < 4.78 is 71.5. The van der Waals surface area contributed by atoms with Gasteiger partial charge in [0.2, 0.25) is 15.9 Å². The van der Waals surface area contributed by atoms with Crippen LogP contribution in [0.15, 0.2) is 35.2 Å². The number of hydrogen-bond acceptors (Lipinski definition) is 4. The Bertz CT molecular complexity index is 997. The van der Waals surface area contributed by atoms with Crippen molar-refractivity contribution in [1.29, 1.82) is 0 Å². The SMILES string of the molecule is CCN(CC(=O)Nc1ccc(F)c(F)c1F)S(=O)(=O)c1ccc(OC)c(C)c1.